The molecule has 2 N–H and O–H groups in total. The first-order valence-corrected chi connectivity index (χ1v) is 9.01. The number of rotatable bonds is 2. The Kier molecular flexibility index (Phi) is 5.92. The van der Waals surface area contributed by atoms with E-state index >= 15 is 0 Å². The molecule has 0 bridgehead atoms. The molecule has 0 aliphatic heterocycles. The summed E-state index contributed by atoms with van der Waals surface area (Å²) in [5.74, 6) is 0.372. The van der Waals surface area contributed by atoms with Gasteiger partial charge in [-0.1, -0.05) is 32.9 Å². The van der Waals surface area contributed by atoms with Gasteiger partial charge in [0.05, 0.1) is 5.69 Å². The Balaban J connectivity index is 2.00. The zero-order chi connectivity index (χ0) is 17.9. The van der Waals surface area contributed by atoms with E-state index in [9.17, 15) is 4.79 Å². The molecule has 0 atom stereocenters. The number of nitrogens with one attached hydrogen (secondary N) is 2. The topological polar surface area (TPSA) is 54.0 Å². The van der Waals surface area contributed by atoms with Gasteiger partial charge in [0, 0.05) is 9.13 Å². The van der Waals surface area contributed by atoms with Gasteiger partial charge in [0.15, 0.2) is 5.11 Å². The van der Waals surface area contributed by atoms with Gasteiger partial charge < -0.3 is 5.32 Å². The highest BCUT2D eigenvalue weighted by Crippen LogP contribution is 2.22. The number of aryl methyl sites for hydroxylation is 1. The maximum Gasteiger partial charge on any atom is 0.257 e. The van der Waals surface area contributed by atoms with Gasteiger partial charge in [-0.05, 0) is 77.0 Å². The normalized spacial score (nSPS) is 11.0. The molecule has 0 aliphatic rings. The molecule has 126 valence electrons. The van der Waals surface area contributed by atoms with Gasteiger partial charge in [0.2, 0.25) is 0 Å². The number of hydrogen-bond donors (Lipinski definition) is 2. The first-order chi connectivity index (χ1) is 11.2. The molecule has 0 radical (unpaired) electrons. The van der Waals surface area contributed by atoms with E-state index in [0.717, 1.165) is 9.26 Å². The van der Waals surface area contributed by atoms with Crippen LogP contribution in [0.1, 0.15) is 42.4 Å². The van der Waals surface area contributed by atoms with Crippen LogP contribution in [0.3, 0.4) is 0 Å². The number of aromatic nitrogens is 1. The minimum Gasteiger partial charge on any atom is -0.317 e. The van der Waals surface area contributed by atoms with E-state index in [1.165, 1.54) is 5.56 Å². The number of anilines is 1. The molecule has 0 saturated heterocycles. The smallest absolute Gasteiger partial charge is 0.257 e. The zero-order valence-electron chi connectivity index (χ0n) is 14.1. The minimum absolute atomic E-state index is 0.0558. The molecular formula is C18H20IN3OS. The number of pyridine rings is 1. The van der Waals surface area contributed by atoms with Crippen LogP contribution in [-0.4, -0.2) is 16.0 Å². The fourth-order valence-corrected chi connectivity index (χ4v) is 2.56. The van der Waals surface area contributed by atoms with Gasteiger partial charge in [-0.25, -0.2) is 4.98 Å². The van der Waals surface area contributed by atoms with E-state index < -0.39 is 0 Å². The van der Waals surface area contributed by atoms with Gasteiger partial charge in [-0.15, -0.1) is 0 Å². The molecule has 1 amide bonds. The summed E-state index contributed by atoms with van der Waals surface area (Å²) in [4.78, 5) is 16.6. The summed E-state index contributed by atoms with van der Waals surface area (Å²) < 4.78 is 1.08. The number of benzene rings is 1. The lowest BCUT2D eigenvalue weighted by atomic mass is 9.87. The quantitative estimate of drug-likeness (QED) is 0.522. The molecule has 0 aliphatic carbocycles. The largest absolute Gasteiger partial charge is 0.317 e. The van der Waals surface area contributed by atoms with Crippen LogP contribution in [-0.2, 0) is 5.41 Å². The van der Waals surface area contributed by atoms with Gasteiger partial charge in [0.25, 0.3) is 5.91 Å². The Hall–Kier alpha value is -1.54. The monoisotopic (exact) mass is 453 g/mol. The molecule has 2 rings (SSSR count). The summed E-state index contributed by atoms with van der Waals surface area (Å²) in [6, 6.07) is 11.3. The molecule has 0 saturated carbocycles. The van der Waals surface area contributed by atoms with E-state index in [1.54, 1.807) is 0 Å². The Morgan fingerprint density at radius 1 is 1.12 bits per heavy atom. The molecular weight excluding hydrogens is 433 g/mol. The van der Waals surface area contributed by atoms with Crippen molar-refractivity contribution in [2.45, 2.75) is 33.1 Å². The van der Waals surface area contributed by atoms with Crippen LogP contribution in [0.2, 0.25) is 0 Å². The number of amides is 1. The lowest BCUT2D eigenvalue weighted by Gasteiger charge is -2.19. The molecule has 4 nitrogen and oxygen atoms in total. The lowest BCUT2D eigenvalue weighted by Crippen LogP contribution is -2.34. The average Bonchev–Trinajstić information content (AvgIpc) is 2.50. The van der Waals surface area contributed by atoms with Crippen molar-refractivity contribution in [1.82, 2.24) is 10.3 Å². The van der Waals surface area contributed by atoms with E-state index in [2.05, 4.69) is 59.0 Å². The van der Waals surface area contributed by atoms with Crippen LogP contribution in [0.4, 0.5) is 5.82 Å². The second-order valence-corrected chi connectivity index (χ2v) is 8.07. The Labute approximate surface area is 161 Å². The summed E-state index contributed by atoms with van der Waals surface area (Å²) in [5, 5.41) is 5.84. The summed E-state index contributed by atoms with van der Waals surface area (Å²) in [7, 11) is 0. The molecule has 0 spiro atoms. The second-order valence-electron chi connectivity index (χ2n) is 6.50. The third kappa shape index (κ3) is 4.98. The number of carbonyl (C=O) groups excluding carboxylic acids is 1. The maximum atomic E-state index is 12.3. The van der Waals surface area contributed by atoms with Crippen molar-refractivity contribution in [3.8, 4) is 0 Å². The predicted molar refractivity (Wildman–Crippen MR) is 111 cm³/mol. The van der Waals surface area contributed by atoms with Crippen molar-refractivity contribution in [2.24, 2.45) is 0 Å². The number of thiocarbonyl (C=S) groups is 1. The molecule has 1 aromatic carbocycles. The fourth-order valence-electron chi connectivity index (χ4n) is 2.06. The maximum absolute atomic E-state index is 12.3. The Morgan fingerprint density at radius 2 is 1.75 bits per heavy atom. The van der Waals surface area contributed by atoms with Gasteiger partial charge in [0.1, 0.15) is 5.82 Å². The van der Waals surface area contributed by atoms with E-state index in [1.807, 2.05) is 43.3 Å². The molecule has 1 aromatic heterocycles. The van der Waals surface area contributed by atoms with Gasteiger partial charge in [-0.3, -0.25) is 10.1 Å². The van der Waals surface area contributed by atoms with Crippen LogP contribution in [0.15, 0.2) is 36.4 Å². The van der Waals surface area contributed by atoms with Crippen molar-refractivity contribution in [1.29, 1.82) is 0 Å². The van der Waals surface area contributed by atoms with Crippen molar-refractivity contribution < 1.29 is 4.79 Å². The summed E-state index contributed by atoms with van der Waals surface area (Å²) in [6.45, 7) is 8.33. The van der Waals surface area contributed by atoms with Crippen molar-refractivity contribution >= 4 is 51.6 Å². The van der Waals surface area contributed by atoms with Crippen molar-refractivity contribution in [3.63, 3.8) is 0 Å². The molecule has 6 heteroatoms. The first-order valence-electron chi connectivity index (χ1n) is 7.53. The number of carbonyl (C=O) groups is 1. The number of halogens is 1. The fraction of sp³-hybridized carbons (Fsp3) is 0.278. The van der Waals surface area contributed by atoms with Gasteiger partial charge >= 0.3 is 0 Å². The van der Waals surface area contributed by atoms with E-state index in [4.69, 9.17) is 12.2 Å². The Morgan fingerprint density at radius 3 is 2.29 bits per heavy atom. The third-order valence-corrected chi connectivity index (χ3v) is 4.85. The second kappa shape index (κ2) is 7.57. The van der Waals surface area contributed by atoms with Crippen LogP contribution < -0.4 is 10.6 Å². The molecule has 0 fully saturated rings. The molecule has 1 heterocycles. The van der Waals surface area contributed by atoms with Crippen LogP contribution in [0.5, 0.6) is 0 Å². The number of nitrogens with zero attached hydrogens (tertiary/aromatic N) is 1. The zero-order valence-corrected chi connectivity index (χ0v) is 17.1. The average molecular weight is 453 g/mol. The SMILES string of the molecule is Cc1nc(NC(=S)NC(=O)c2ccc(C(C)(C)C)cc2)ccc1I. The van der Waals surface area contributed by atoms with Crippen LogP contribution >= 0.6 is 34.8 Å². The molecule has 0 unspecified atom stereocenters. The third-order valence-electron chi connectivity index (χ3n) is 3.50. The molecule has 2 aromatic rings. The Bertz CT molecular complexity index is 767. The summed E-state index contributed by atoms with van der Waals surface area (Å²) >= 11 is 7.41. The van der Waals surface area contributed by atoms with Crippen molar-refractivity contribution in [2.75, 3.05) is 5.32 Å². The molecule has 24 heavy (non-hydrogen) atoms. The number of hydrogen-bond acceptors (Lipinski definition) is 3. The summed E-state index contributed by atoms with van der Waals surface area (Å²) in [5.41, 5.74) is 2.71. The highest BCUT2D eigenvalue weighted by atomic mass is 127. The van der Waals surface area contributed by atoms with Crippen LogP contribution in [0.25, 0.3) is 0 Å². The standard InChI is InChI=1S/C18H20IN3OS/c1-11-14(19)9-10-15(20-11)21-17(24)22-16(23)12-5-7-13(8-6-12)18(2,3)4/h5-10H,1-4H3,(H2,20,21,22,23,24). The van der Waals surface area contributed by atoms with Gasteiger partial charge in [-0.2, -0.15) is 0 Å². The predicted octanol–water partition coefficient (Wildman–Crippen LogP) is 4.42. The highest BCUT2D eigenvalue weighted by molar-refractivity contribution is 14.1. The minimum atomic E-state index is -0.241. The summed E-state index contributed by atoms with van der Waals surface area (Å²) in [6.07, 6.45) is 0. The highest BCUT2D eigenvalue weighted by Gasteiger charge is 2.15. The van der Waals surface area contributed by atoms with E-state index in [-0.39, 0.29) is 16.4 Å². The van der Waals surface area contributed by atoms with E-state index in [0.29, 0.717) is 11.4 Å². The van der Waals surface area contributed by atoms with Crippen LogP contribution in [0, 0.1) is 10.5 Å². The lowest BCUT2D eigenvalue weighted by molar-refractivity contribution is 0.0977. The van der Waals surface area contributed by atoms with Crippen molar-refractivity contribution in [3.05, 3.63) is 56.8 Å². The first kappa shape index (κ1) is 18.8.